The van der Waals surface area contributed by atoms with Crippen LogP contribution in [0.15, 0.2) is 0 Å². The summed E-state index contributed by atoms with van der Waals surface area (Å²) >= 11 is 0. The highest BCUT2D eigenvalue weighted by Crippen LogP contribution is 2.43. The van der Waals surface area contributed by atoms with Crippen molar-refractivity contribution >= 4 is 0 Å². The van der Waals surface area contributed by atoms with Crippen molar-refractivity contribution in [1.82, 2.24) is 20.9 Å². The Labute approximate surface area is 176 Å². The van der Waals surface area contributed by atoms with E-state index in [0.717, 1.165) is 52.0 Å². The van der Waals surface area contributed by atoms with Crippen LogP contribution in [0.4, 0.5) is 17.6 Å². The fourth-order valence-electron chi connectivity index (χ4n) is 5.91. The van der Waals surface area contributed by atoms with Gasteiger partial charge in [-0.1, -0.05) is 0 Å². The summed E-state index contributed by atoms with van der Waals surface area (Å²) in [5.41, 5.74) is 0. The number of likely N-dealkylation sites (tertiary alicyclic amines) is 1. The summed E-state index contributed by atoms with van der Waals surface area (Å²) in [5.74, 6) is -0.402. The number of halogens is 4. The molecule has 0 aromatic rings. The van der Waals surface area contributed by atoms with Crippen molar-refractivity contribution in [1.29, 1.82) is 0 Å². The maximum atomic E-state index is 15.5. The Morgan fingerprint density at radius 2 is 1.70 bits per heavy atom. The first-order valence-electron chi connectivity index (χ1n) is 11.7. The number of alkyl halides is 4. The van der Waals surface area contributed by atoms with Crippen LogP contribution in [-0.2, 0) is 4.74 Å². The van der Waals surface area contributed by atoms with Gasteiger partial charge in [0.1, 0.15) is 0 Å². The van der Waals surface area contributed by atoms with Gasteiger partial charge in [-0.05, 0) is 69.7 Å². The Morgan fingerprint density at radius 3 is 2.40 bits per heavy atom. The van der Waals surface area contributed by atoms with Crippen molar-refractivity contribution in [2.75, 3.05) is 33.0 Å². The molecule has 0 amide bonds. The lowest BCUT2D eigenvalue weighted by Crippen LogP contribution is -2.69. The zero-order valence-corrected chi connectivity index (χ0v) is 17.6. The van der Waals surface area contributed by atoms with E-state index < -0.39 is 24.4 Å². The molecule has 3 heterocycles. The molecule has 1 aliphatic carbocycles. The fourth-order valence-corrected chi connectivity index (χ4v) is 5.91. The zero-order chi connectivity index (χ0) is 21.1. The van der Waals surface area contributed by atoms with Gasteiger partial charge in [-0.25, -0.2) is 4.39 Å². The van der Waals surface area contributed by atoms with Gasteiger partial charge in [0.2, 0.25) is 0 Å². The molecule has 3 saturated heterocycles. The molecule has 4 aliphatic rings. The van der Waals surface area contributed by atoms with Crippen molar-refractivity contribution < 1.29 is 22.3 Å². The van der Waals surface area contributed by atoms with Gasteiger partial charge in [0.15, 0.2) is 6.17 Å². The van der Waals surface area contributed by atoms with Crippen LogP contribution >= 0.6 is 0 Å². The predicted molar refractivity (Wildman–Crippen MR) is 106 cm³/mol. The summed E-state index contributed by atoms with van der Waals surface area (Å²) in [6.07, 6.45) is -0.387. The van der Waals surface area contributed by atoms with Crippen LogP contribution in [0.1, 0.15) is 51.4 Å². The lowest BCUT2D eigenvalue weighted by Gasteiger charge is -2.45. The van der Waals surface area contributed by atoms with Crippen molar-refractivity contribution in [3.05, 3.63) is 0 Å². The second-order valence-electron chi connectivity index (χ2n) is 9.52. The summed E-state index contributed by atoms with van der Waals surface area (Å²) < 4.78 is 59.9. The van der Waals surface area contributed by atoms with Gasteiger partial charge < -0.3 is 4.74 Å². The molecule has 9 heteroatoms. The average Bonchev–Trinajstić information content (AvgIpc) is 3.23. The van der Waals surface area contributed by atoms with E-state index >= 15 is 4.39 Å². The summed E-state index contributed by atoms with van der Waals surface area (Å²) in [7, 11) is 0. The maximum Gasteiger partial charge on any atom is 0.391 e. The minimum absolute atomic E-state index is 0.184. The zero-order valence-electron chi connectivity index (χ0n) is 17.6. The molecular weight excluding hydrogens is 400 g/mol. The molecule has 3 aliphatic heterocycles. The van der Waals surface area contributed by atoms with E-state index in [2.05, 4.69) is 20.9 Å². The molecular formula is C21H36F4N4O. The largest absolute Gasteiger partial charge is 0.391 e. The van der Waals surface area contributed by atoms with Crippen molar-refractivity contribution in [2.45, 2.75) is 82.1 Å². The van der Waals surface area contributed by atoms with Crippen LogP contribution in [0, 0.1) is 17.8 Å². The SMILES string of the molecule is FC1C(NCC2CCOCC2)NCNC1N1CCC[C@@H]1C1CCC(C(F)(F)F)CC1. The van der Waals surface area contributed by atoms with Crippen LogP contribution in [0.5, 0.6) is 0 Å². The highest BCUT2D eigenvalue weighted by molar-refractivity contribution is 4.97. The summed E-state index contributed by atoms with van der Waals surface area (Å²) in [6, 6.07) is 0.184. The normalized spacial score (nSPS) is 40.0. The van der Waals surface area contributed by atoms with Gasteiger partial charge in [-0.15, -0.1) is 0 Å². The van der Waals surface area contributed by atoms with E-state index in [-0.39, 0.29) is 31.0 Å². The van der Waals surface area contributed by atoms with E-state index in [0.29, 0.717) is 25.4 Å². The molecule has 30 heavy (non-hydrogen) atoms. The number of hydrogen-bond donors (Lipinski definition) is 3. The smallest absolute Gasteiger partial charge is 0.381 e. The molecule has 4 rings (SSSR count). The standard InChI is InChI=1S/C21H36F4N4O/c22-18-19(26-12-14-7-10-30-11-8-14)27-13-28-20(18)29-9-1-2-17(29)15-3-5-16(6-4-15)21(23,24)25/h14-20,26-28H,1-13H2/t15?,16?,17-,18?,19?,20?/m1/s1. The number of nitrogens with zero attached hydrogens (tertiary/aromatic N) is 1. The second kappa shape index (κ2) is 9.98. The van der Waals surface area contributed by atoms with E-state index in [1.165, 1.54) is 0 Å². The topological polar surface area (TPSA) is 48.6 Å². The molecule has 1 saturated carbocycles. The number of nitrogens with one attached hydrogen (secondary N) is 3. The third-order valence-electron chi connectivity index (χ3n) is 7.70. The van der Waals surface area contributed by atoms with Crippen LogP contribution < -0.4 is 16.0 Å². The molecule has 0 aromatic heterocycles. The number of hydrogen-bond acceptors (Lipinski definition) is 5. The molecule has 0 radical (unpaired) electrons. The van der Waals surface area contributed by atoms with Crippen molar-refractivity contribution in [3.63, 3.8) is 0 Å². The van der Waals surface area contributed by atoms with E-state index in [1.807, 2.05) is 0 Å². The highest BCUT2D eigenvalue weighted by Gasteiger charge is 2.46. The first kappa shape index (κ1) is 22.7. The van der Waals surface area contributed by atoms with Crippen LogP contribution in [-0.4, -0.2) is 68.6 Å². The third-order valence-corrected chi connectivity index (χ3v) is 7.70. The first-order chi connectivity index (χ1) is 14.4. The van der Waals surface area contributed by atoms with Gasteiger partial charge >= 0.3 is 6.18 Å². The third kappa shape index (κ3) is 5.28. The summed E-state index contributed by atoms with van der Waals surface area (Å²) in [6.45, 7) is 3.67. The molecule has 4 fully saturated rings. The second-order valence-corrected chi connectivity index (χ2v) is 9.52. The maximum absolute atomic E-state index is 15.5. The van der Waals surface area contributed by atoms with E-state index in [1.54, 1.807) is 0 Å². The molecule has 0 bridgehead atoms. The predicted octanol–water partition coefficient (Wildman–Crippen LogP) is 2.98. The molecule has 0 spiro atoms. The van der Waals surface area contributed by atoms with Crippen molar-refractivity contribution in [2.24, 2.45) is 17.8 Å². The lowest BCUT2D eigenvalue weighted by molar-refractivity contribution is -0.185. The monoisotopic (exact) mass is 436 g/mol. The Hall–Kier alpha value is -0.480. The fraction of sp³-hybridized carbons (Fsp3) is 1.00. The Balaban J connectivity index is 1.31. The minimum atomic E-state index is -4.08. The molecule has 5 nitrogen and oxygen atoms in total. The minimum Gasteiger partial charge on any atom is -0.381 e. The van der Waals surface area contributed by atoms with Gasteiger partial charge in [-0.2, -0.15) is 13.2 Å². The molecule has 0 aromatic carbocycles. The Morgan fingerprint density at radius 1 is 0.967 bits per heavy atom. The summed E-state index contributed by atoms with van der Waals surface area (Å²) in [4.78, 5) is 2.22. The average molecular weight is 437 g/mol. The molecule has 4 atom stereocenters. The lowest BCUT2D eigenvalue weighted by atomic mass is 9.77. The quantitative estimate of drug-likeness (QED) is 0.579. The van der Waals surface area contributed by atoms with Gasteiger partial charge in [-0.3, -0.25) is 20.9 Å². The van der Waals surface area contributed by atoms with E-state index in [4.69, 9.17) is 4.74 Å². The van der Waals surface area contributed by atoms with Crippen molar-refractivity contribution in [3.8, 4) is 0 Å². The molecule has 3 N–H and O–H groups in total. The van der Waals surface area contributed by atoms with Gasteiger partial charge in [0, 0.05) is 32.5 Å². The Kier molecular flexibility index (Phi) is 7.55. The van der Waals surface area contributed by atoms with Gasteiger partial charge in [0.25, 0.3) is 0 Å². The highest BCUT2D eigenvalue weighted by atomic mass is 19.4. The number of rotatable bonds is 5. The summed E-state index contributed by atoms with van der Waals surface area (Å²) in [5, 5.41) is 9.86. The number of ether oxygens (including phenoxy) is 1. The first-order valence-corrected chi connectivity index (χ1v) is 11.7. The Bertz CT molecular complexity index is 538. The van der Waals surface area contributed by atoms with E-state index in [9.17, 15) is 13.2 Å². The van der Waals surface area contributed by atoms with Crippen LogP contribution in [0.3, 0.4) is 0 Å². The molecule has 3 unspecified atom stereocenters. The van der Waals surface area contributed by atoms with Crippen LogP contribution in [0.25, 0.3) is 0 Å². The van der Waals surface area contributed by atoms with Gasteiger partial charge in [0.05, 0.1) is 18.2 Å². The molecule has 174 valence electrons. The van der Waals surface area contributed by atoms with Crippen LogP contribution in [0.2, 0.25) is 0 Å².